The van der Waals surface area contributed by atoms with Gasteiger partial charge in [-0.2, -0.15) is 13.2 Å². The second kappa shape index (κ2) is 11.0. The monoisotopic (exact) mass is 534 g/mol. The van der Waals surface area contributed by atoms with Gasteiger partial charge in [0, 0.05) is 51.0 Å². The molecule has 0 unspecified atom stereocenters. The molecule has 5 rings (SSSR count). The number of aromatic nitrogens is 1. The second-order valence-electron chi connectivity index (χ2n) is 10.8. The molecule has 11 heteroatoms. The van der Waals surface area contributed by atoms with Gasteiger partial charge in [-0.25, -0.2) is 4.79 Å². The minimum Gasteiger partial charge on any atom is -0.441 e. The zero-order chi connectivity index (χ0) is 26.8. The molecule has 1 aromatic heterocycles. The largest absolute Gasteiger partial charge is 0.441 e. The lowest BCUT2D eigenvalue weighted by Crippen LogP contribution is -2.46. The molecule has 206 valence electrons. The summed E-state index contributed by atoms with van der Waals surface area (Å²) in [6, 6.07) is 7.02. The van der Waals surface area contributed by atoms with Crippen LogP contribution < -0.4 is 5.32 Å². The van der Waals surface area contributed by atoms with Gasteiger partial charge in [0.05, 0.1) is 24.8 Å². The van der Waals surface area contributed by atoms with Crippen molar-refractivity contribution in [3.05, 3.63) is 53.4 Å². The summed E-state index contributed by atoms with van der Waals surface area (Å²) in [5.41, 5.74) is -0.302. The number of amides is 2. The van der Waals surface area contributed by atoms with E-state index in [2.05, 4.69) is 15.4 Å². The Morgan fingerprint density at radius 1 is 1.08 bits per heavy atom. The molecular weight excluding hydrogens is 501 g/mol. The van der Waals surface area contributed by atoms with E-state index >= 15 is 0 Å². The average Bonchev–Trinajstić information content (AvgIpc) is 3.52. The maximum absolute atomic E-state index is 12.8. The Labute approximate surface area is 219 Å². The predicted octanol–water partition coefficient (Wildman–Crippen LogP) is 4.60. The number of rotatable bonds is 7. The van der Waals surface area contributed by atoms with Crippen molar-refractivity contribution < 1.29 is 32.0 Å². The molecule has 1 saturated carbocycles. The molecule has 0 radical (unpaired) electrons. The van der Waals surface area contributed by atoms with Gasteiger partial charge in [-0.1, -0.05) is 17.3 Å². The van der Waals surface area contributed by atoms with Gasteiger partial charge in [-0.3, -0.25) is 9.69 Å². The number of hydrogen-bond donors (Lipinski definition) is 1. The Balaban J connectivity index is 1.04. The van der Waals surface area contributed by atoms with Crippen molar-refractivity contribution in [2.24, 2.45) is 11.8 Å². The summed E-state index contributed by atoms with van der Waals surface area (Å²) in [4.78, 5) is 29.2. The van der Waals surface area contributed by atoms with E-state index < -0.39 is 17.3 Å². The lowest BCUT2D eigenvalue weighted by Gasteiger charge is -2.37. The molecule has 8 nitrogen and oxygen atoms in total. The van der Waals surface area contributed by atoms with Crippen molar-refractivity contribution in [3.8, 4) is 0 Å². The SMILES string of the molecule is O=C(NCc1ccno1)C1CCC(CN2CC3(CCN(Cc4ccc(C(F)(F)F)cc4)CC3)OC2=O)CC1. The maximum Gasteiger partial charge on any atom is 0.416 e. The first-order chi connectivity index (χ1) is 18.2. The summed E-state index contributed by atoms with van der Waals surface area (Å²) in [5.74, 6) is 0.970. The van der Waals surface area contributed by atoms with Crippen LogP contribution in [-0.4, -0.2) is 58.7 Å². The summed E-state index contributed by atoms with van der Waals surface area (Å²) < 4.78 is 49.3. The Hall–Kier alpha value is -3.08. The third-order valence-electron chi connectivity index (χ3n) is 8.12. The molecule has 3 heterocycles. The van der Waals surface area contributed by atoms with Crippen LogP contribution in [-0.2, 0) is 28.8 Å². The van der Waals surface area contributed by atoms with Crippen molar-refractivity contribution in [2.45, 2.75) is 63.4 Å². The molecule has 2 amide bonds. The molecule has 0 atom stereocenters. The molecule has 1 aromatic carbocycles. The van der Waals surface area contributed by atoms with Gasteiger partial charge in [0.25, 0.3) is 0 Å². The third-order valence-corrected chi connectivity index (χ3v) is 8.12. The molecule has 2 aromatic rings. The molecule has 1 spiro atoms. The van der Waals surface area contributed by atoms with Crippen molar-refractivity contribution in [1.29, 1.82) is 0 Å². The Morgan fingerprint density at radius 2 is 1.79 bits per heavy atom. The van der Waals surface area contributed by atoms with Crippen molar-refractivity contribution >= 4 is 12.0 Å². The molecule has 2 aliphatic heterocycles. The quantitative estimate of drug-likeness (QED) is 0.559. The number of nitrogens with one attached hydrogen (secondary N) is 1. The molecule has 3 fully saturated rings. The third kappa shape index (κ3) is 6.31. The van der Waals surface area contributed by atoms with Crippen LogP contribution in [0.4, 0.5) is 18.0 Å². The molecule has 2 saturated heterocycles. The number of carbonyl (C=O) groups excluding carboxylic acids is 2. The summed E-state index contributed by atoms with van der Waals surface area (Å²) in [6.45, 7) is 3.55. The Bertz CT molecular complexity index is 1090. The first-order valence-electron chi connectivity index (χ1n) is 13.2. The van der Waals surface area contributed by atoms with Crippen LogP contribution in [0.2, 0.25) is 0 Å². The van der Waals surface area contributed by atoms with Crippen LogP contribution in [0.5, 0.6) is 0 Å². The average molecular weight is 535 g/mol. The zero-order valence-corrected chi connectivity index (χ0v) is 21.2. The number of nitrogens with zero attached hydrogens (tertiary/aromatic N) is 3. The van der Waals surface area contributed by atoms with E-state index in [9.17, 15) is 22.8 Å². The van der Waals surface area contributed by atoms with Gasteiger partial charge in [-0.15, -0.1) is 0 Å². The smallest absolute Gasteiger partial charge is 0.416 e. The van der Waals surface area contributed by atoms with E-state index in [1.807, 2.05) is 4.90 Å². The fourth-order valence-electron chi connectivity index (χ4n) is 5.84. The van der Waals surface area contributed by atoms with Crippen LogP contribution in [0.25, 0.3) is 0 Å². The van der Waals surface area contributed by atoms with Crippen LogP contribution in [0.15, 0.2) is 41.1 Å². The predicted molar refractivity (Wildman–Crippen MR) is 131 cm³/mol. The second-order valence-corrected chi connectivity index (χ2v) is 10.8. The zero-order valence-electron chi connectivity index (χ0n) is 21.2. The molecule has 3 aliphatic rings. The summed E-state index contributed by atoms with van der Waals surface area (Å²) in [7, 11) is 0. The number of piperidine rings is 1. The molecule has 0 bridgehead atoms. The molecule has 1 aliphatic carbocycles. The van der Waals surface area contributed by atoms with Gasteiger partial charge in [0.2, 0.25) is 5.91 Å². The van der Waals surface area contributed by atoms with Crippen molar-refractivity contribution in [3.63, 3.8) is 0 Å². The number of alkyl halides is 3. The number of ether oxygens (including phenoxy) is 1. The van der Waals surface area contributed by atoms with Gasteiger partial charge in [-0.05, 0) is 49.3 Å². The van der Waals surface area contributed by atoms with E-state index in [1.165, 1.54) is 12.1 Å². The van der Waals surface area contributed by atoms with Crippen LogP contribution >= 0.6 is 0 Å². The Morgan fingerprint density at radius 3 is 2.42 bits per heavy atom. The highest BCUT2D eigenvalue weighted by Crippen LogP contribution is 2.36. The standard InChI is InChI=1S/C27H33F3N4O4/c28-27(29,30)22-7-3-19(4-8-22)16-33-13-10-26(11-14-33)18-34(25(36)37-26)17-20-1-5-21(6-2-20)24(35)31-15-23-9-12-32-38-23/h3-4,7-9,12,20-21H,1-2,5-6,10-11,13-18H2,(H,31,35). The first kappa shape index (κ1) is 26.5. The van der Waals surface area contributed by atoms with E-state index in [0.29, 0.717) is 50.7 Å². The lowest BCUT2D eigenvalue weighted by molar-refractivity contribution is -0.137. The highest BCUT2D eigenvalue weighted by molar-refractivity contribution is 5.78. The summed E-state index contributed by atoms with van der Waals surface area (Å²) >= 11 is 0. The lowest BCUT2D eigenvalue weighted by atomic mass is 9.81. The normalized spacial score (nSPS) is 24.0. The number of likely N-dealkylation sites (tertiary alicyclic amines) is 1. The van der Waals surface area contributed by atoms with Gasteiger partial charge < -0.3 is 19.5 Å². The van der Waals surface area contributed by atoms with E-state index in [4.69, 9.17) is 9.26 Å². The maximum atomic E-state index is 12.8. The molecule has 38 heavy (non-hydrogen) atoms. The Kier molecular flexibility index (Phi) is 7.65. The number of carbonyl (C=O) groups is 2. The number of hydrogen-bond acceptors (Lipinski definition) is 6. The van der Waals surface area contributed by atoms with Crippen molar-refractivity contribution in [2.75, 3.05) is 26.2 Å². The molecule has 1 N–H and O–H groups in total. The van der Waals surface area contributed by atoms with Crippen LogP contribution in [0.3, 0.4) is 0 Å². The highest BCUT2D eigenvalue weighted by Gasteiger charge is 2.47. The van der Waals surface area contributed by atoms with E-state index in [-0.39, 0.29) is 17.9 Å². The number of benzene rings is 1. The minimum atomic E-state index is -4.33. The van der Waals surface area contributed by atoms with Crippen LogP contribution in [0.1, 0.15) is 55.4 Å². The fraction of sp³-hybridized carbons (Fsp3) is 0.593. The first-order valence-corrected chi connectivity index (χ1v) is 13.2. The molecular formula is C27H33F3N4O4. The summed E-state index contributed by atoms with van der Waals surface area (Å²) in [6.07, 6.45) is 1.71. The summed E-state index contributed by atoms with van der Waals surface area (Å²) in [5, 5.41) is 6.55. The topological polar surface area (TPSA) is 87.9 Å². The van der Waals surface area contributed by atoms with Crippen LogP contribution in [0, 0.1) is 11.8 Å². The van der Waals surface area contributed by atoms with Gasteiger partial charge in [0.1, 0.15) is 5.60 Å². The van der Waals surface area contributed by atoms with Crippen molar-refractivity contribution in [1.82, 2.24) is 20.3 Å². The minimum absolute atomic E-state index is 0.0277. The fourth-order valence-corrected chi connectivity index (χ4v) is 5.84. The highest BCUT2D eigenvalue weighted by atomic mass is 19.4. The van der Waals surface area contributed by atoms with E-state index in [1.54, 1.807) is 12.3 Å². The number of halogens is 3. The van der Waals surface area contributed by atoms with Gasteiger partial charge >= 0.3 is 12.3 Å². The van der Waals surface area contributed by atoms with E-state index in [0.717, 1.165) is 56.5 Å². The van der Waals surface area contributed by atoms with Gasteiger partial charge in [0.15, 0.2) is 5.76 Å².